The number of esters is 2. The molecular formula is C40H70NO12P. The van der Waals surface area contributed by atoms with E-state index in [0.29, 0.717) is 12.8 Å². The molecule has 0 bridgehead atoms. The minimum absolute atomic E-state index is 0.0945. The predicted octanol–water partition coefficient (Wildman–Crippen LogP) is 7.78. The van der Waals surface area contributed by atoms with Crippen LogP contribution in [0.3, 0.4) is 0 Å². The Kier molecular flexibility index (Phi) is 33.1. The quantitative estimate of drug-likeness (QED) is 0.0178. The van der Waals surface area contributed by atoms with Crippen molar-refractivity contribution < 1.29 is 57.7 Å². The van der Waals surface area contributed by atoms with Gasteiger partial charge in [0.15, 0.2) is 6.10 Å². The lowest BCUT2D eigenvalue weighted by molar-refractivity contribution is -0.161. The van der Waals surface area contributed by atoms with Crippen LogP contribution < -0.4 is 5.73 Å². The van der Waals surface area contributed by atoms with Crippen LogP contribution in [0.5, 0.6) is 0 Å². The molecular weight excluding hydrogens is 717 g/mol. The highest BCUT2D eigenvalue weighted by atomic mass is 31.2. The van der Waals surface area contributed by atoms with Gasteiger partial charge >= 0.3 is 25.7 Å². The third-order valence-electron chi connectivity index (χ3n) is 8.29. The number of hydrogen-bond acceptors (Lipinski definition) is 11. The van der Waals surface area contributed by atoms with Crippen LogP contribution in [-0.2, 0) is 37.5 Å². The molecule has 0 aromatic rings. The minimum atomic E-state index is -4.78. The number of phosphoric ester groups is 1. The van der Waals surface area contributed by atoms with Gasteiger partial charge in [-0.1, -0.05) is 127 Å². The van der Waals surface area contributed by atoms with Crippen molar-refractivity contribution in [2.24, 2.45) is 5.73 Å². The predicted molar refractivity (Wildman–Crippen MR) is 210 cm³/mol. The lowest BCUT2D eigenvalue weighted by Crippen LogP contribution is -2.34. The van der Waals surface area contributed by atoms with Gasteiger partial charge in [0.2, 0.25) is 0 Å². The second-order valence-electron chi connectivity index (χ2n) is 13.3. The average molecular weight is 788 g/mol. The number of unbranched alkanes of at least 4 members (excludes halogenated alkanes) is 10. The first-order chi connectivity index (χ1) is 25.9. The Labute approximate surface area is 323 Å². The van der Waals surface area contributed by atoms with Crippen LogP contribution in [0.2, 0.25) is 0 Å². The van der Waals surface area contributed by atoms with E-state index < -0.39 is 69.9 Å². The number of aliphatic hydroxyl groups excluding tert-OH is 2. The lowest BCUT2D eigenvalue weighted by atomic mass is 10.0. The van der Waals surface area contributed by atoms with Gasteiger partial charge in [0.05, 0.1) is 25.4 Å². The highest BCUT2D eigenvalue weighted by Crippen LogP contribution is 2.43. The summed E-state index contributed by atoms with van der Waals surface area (Å²) in [6, 6.07) is -1.56. The number of carboxylic acids is 1. The summed E-state index contributed by atoms with van der Waals surface area (Å²) in [5.41, 5.74) is 5.30. The molecule has 0 aliphatic heterocycles. The zero-order valence-electron chi connectivity index (χ0n) is 32.8. The monoisotopic (exact) mass is 787 g/mol. The van der Waals surface area contributed by atoms with Crippen LogP contribution in [0.25, 0.3) is 0 Å². The van der Waals surface area contributed by atoms with Gasteiger partial charge in [-0.15, -0.1) is 0 Å². The van der Waals surface area contributed by atoms with E-state index in [1.165, 1.54) is 38.5 Å². The van der Waals surface area contributed by atoms with Gasteiger partial charge in [0.25, 0.3) is 0 Å². The normalized spacial score (nSPS) is 15.5. The molecule has 54 heavy (non-hydrogen) atoms. The molecule has 14 heteroatoms. The first kappa shape index (κ1) is 51.4. The Hall–Kier alpha value is -2.64. The summed E-state index contributed by atoms with van der Waals surface area (Å²) >= 11 is 0. The maximum atomic E-state index is 12.6. The largest absolute Gasteiger partial charge is 0.480 e. The molecule has 0 rings (SSSR count). The molecule has 0 saturated carbocycles. The van der Waals surface area contributed by atoms with Crippen LogP contribution >= 0.6 is 7.82 Å². The maximum absolute atomic E-state index is 12.6. The fourth-order valence-electron chi connectivity index (χ4n) is 5.03. The molecule has 0 radical (unpaired) electrons. The standard InChI is InChI=1S/C40H70NO12P/c1-3-5-7-9-11-13-15-17-18-20-22-24-27-36(42)37(43)28-26-30-38(44)50-31-34(32-51-54(48,49)52-33-35(41)40(46)47)53-39(45)29-25-23-21-19-16-14-12-10-8-6-4-2/h5,7,11,13,17-18,22,24,34-37,42-43H,3-4,6,8-10,12,14-16,19-21,23,25-33,41H2,1-2H3,(H,46,47)(H,48,49)/b7-5-,13-11-,18-17-,24-22-/t34-,35+,36+,37+/m1/s1. The first-order valence-corrected chi connectivity index (χ1v) is 21.3. The lowest BCUT2D eigenvalue weighted by Gasteiger charge is -2.20. The van der Waals surface area contributed by atoms with Gasteiger partial charge in [0, 0.05) is 12.8 Å². The summed E-state index contributed by atoms with van der Waals surface area (Å²) < 4.78 is 32.4. The summed E-state index contributed by atoms with van der Waals surface area (Å²) in [7, 11) is -4.78. The second kappa shape index (κ2) is 34.8. The number of phosphoric acid groups is 1. The second-order valence-corrected chi connectivity index (χ2v) is 14.8. The molecule has 0 heterocycles. The molecule has 0 aromatic heterocycles. The fraction of sp³-hybridized carbons (Fsp3) is 0.725. The van der Waals surface area contributed by atoms with Crippen LogP contribution in [0.1, 0.15) is 142 Å². The van der Waals surface area contributed by atoms with E-state index in [1.807, 2.05) is 12.2 Å². The summed E-state index contributed by atoms with van der Waals surface area (Å²) in [5.74, 6) is -2.70. The molecule has 0 amide bonds. The Morgan fingerprint density at radius 3 is 1.70 bits per heavy atom. The topological polar surface area (TPSA) is 212 Å². The number of hydrogen-bond donors (Lipinski definition) is 5. The third-order valence-corrected chi connectivity index (χ3v) is 9.24. The van der Waals surface area contributed by atoms with E-state index in [9.17, 15) is 34.1 Å². The minimum Gasteiger partial charge on any atom is -0.480 e. The third kappa shape index (κ3) is 32.8. The van der Waals surface area contributed by atoms with E-state index in [0.717, 1.165) is 44.9 Å². The van der Waals surface area contributed by atoms with Crippen molar-refractivity contribution >= 4 is 25.7 Å². The van der Waals surface area contributed by atoms with E-state index in [-0.39, 0.29) is 32.1 Å². The summed E-state index contributed by atoms with van der Waals surface area (Å²) in [6.45, 7) is 2.35. The molecule has 0 spiro atoms. The molecule has 0 aliphatic rings. The van der Waals surface area contributed by atoms with Crippen molar-refractivity contribution in [3.05, 3.63) is 48.6 Å². The van der Waals surface area contributed by atoms with Crippen LogP contribution in [0.4, 0.5) is 0 Å². The van der Waals surface area contributed by atoms with E-state index in [1.54, 1.807) is 6.08 Å². The highest BCUT2D eigenvalue weighted by molar-refractivity contribution is 7.47. The Balaban J connectivity index is 4.66. The number of rotatable bonds is 36. The molecule has 5 atom stereocenters. The number of carbonyl (C=O) groups is 3. The van der Waals surface area contributed by atoms with Crippen LogP contribution in [-0.4, -0.2) is 82.3 Å². The summed E-state index contributed by atoms with van der Waals surface area (Å²) in [4.78, 5) is 45.8. The number of ether oxygens (including phenoxy) is 2. The number of aliphatic hydroxyl groups is 2. The van der Waals surface area contributed by atoms with E-state index >= 15 is 0 Å². The molecule has 0 aromatic carbocycles. The fourth-order valence-corrected chi connectivity index (χ4v) is 5.81. The number of nitrogens with two attached hydrogens (primary N) is 1. The summed E-state index contributed by atoms with van der Waals surface area (Å²) in [6.07, 6.45) is 29.4. The number of aliphatic carboxylic acids is 1. The molecule has 6 N–H and O–H groups in total. The van der Waals surface area contributed by atoms with E-state index in [4.69, 9.17) is 24.8 Å². The number of carbonyl (C=O) groups excluding carboxylic acids is 2. The van der Waals surface area contributed by atoms with Gasteiger partial charge in [-0.2, -0.15) is 0 Å². The molecule has 13 nitrogen and oxygen atoms in total. The van der Waals surface area contributed by atoms with Gasteiger partial charge in [-0.05, 0) is 51.4 Å². The Morgan fingerprint density at radius 2 is 1.15 bits per heavy atom. The van der Waals surface area contributed by atoms with Crippen molar-refractivity contribution in [1.29, 1.82) is 0 Å². The molecule has 0 fully saturated rings. The molecule has 0 aliphatic carbocycles. The van der Waals surface area contributed by atoms with Crippen molar-refractivity contribution in [2.75, 3.05) is 19.8 Å². The van der Waals surface area contributed by atoms with Gasteiger partial charge in [-0.3, -0.25) is 23.4 Å². The Bertz CT molecular complexity index is 1140. The smallest absolute Gasteiger partial charge is 0.472 e. The van der Waals surface area contributed by atoms with Gasteiger partial charge in [0.1, 0.15) is 12.6 Å². The van der Waals surface area contributed by atoms with Crippen molar-refractivity contribution in [2.45, 2.75) is 167 Å². The van der Waals surface area contributed by atoms with Crippen molar-refractivity contribution in [3.63, 3.8) is 0 Å². The number of allylic oxidation sites excluding steroid dienone is 7. The van der Waals surface area contributed by atoms with Crippen molar-refractivity contribution in [3.8, 4) is 0 Å². The first-order valence-electron chi connectivity index (χ1n) is 19.8. The Morgan fingerprint density at radius 1 is 0.648 bits per heavy atom. The molecule has 0 saturated heterocycles. The zero-order chi connectivity index (χ0) is 40.3. The van der Waals surface area contributed by atoms with Crippen LogP contribution in [0.15, 0.2) is 48.6 Å². The average Bonchev–Trinajstić information content (AvgIpc) is 3.14. The zero-order valence-corrected chi connectivity index (χ0v) is 33.7. The SMILES string of the molecule is CC/C=C\C/C=C\C/C=C\C/C=C\C[C@H](O)[C@@H](O)CCCC(=O)OC[C@H](COP(=O)(O)OC[C@H](N)C(=O)O)OC(=O)CCCCCCCCCCCCC. The summed E-state index contributed by atoms with van der Waals surface area (Å²) in [5, 5.41) is 29.5. The maximum Gasteiger partial charge on any atom is 0.472 e. The molecule has 312 valence electrons. The number of carboxylic acid groups (broad SMARTS) is 1. The van der Waals surface area contributed by atoms with Crippen LogP contribution in [0, 0.1) is 0 Å². The van der Waals surface area contributed by atoms with Crippen molar-refractivity contribution in [1.82, 2.24) is 0 Å². The van der Waals surface area contributed by atoms with Gasteiger partial charge < -0.3 is 35.4 Å². The van der Waals surface area contributed by atoms with Gasteiger partial charge in [-0.25, -0.2) is 4.57 Å². The van der Waals surface area contributed by atoms with E-state index in [2.05, 4.69) is 48.8 Å². The molecule has 1 unspecified atom stereocenters. The highest BCUT2D eigenvalue weighted by Gasteiger charge is 2.28.